The van der Waals surface area contributed by atoms with E-state index in [2.05, 4.69) is 32.3 Å². The van der Waals surface area contributed by atoms with Crippen molar-refractivity contribution in [1.29, 1.82) is 0 Å². The Morgan fingerprint density at radius 2 is 2.04 bits per heavy atom. The largest absolute Gasteiger partial charge is 0.349 e. The first kappa shape index (κ1) is 18.7. The normalized spacial score (nSPS) is 12.2. The van der Waals surface area contributed by atoms with E-state index in [0.717, 1.165) is 6.42 Å². The molecule has 24 heavy (non-hydrogen) atoms. The highest BCUT2D eigenvalue weighted by atomic mass is 35.5. The summed E-state index contributed by atoms with van der Waals surface area (Å²) in [6.07, 6.45) is 4.16. The topological polar surface area (TPSA) is 58.1 Å². The van der Waals surface area contributed by atoms with Crippen LogP contribution in [0.25, 0.3) is 0 Å². The third-order valence-electron chi connectivity index (χ3n) is 3.66. The van der Waals surface area contributed by atoms with E-state index in [0.29, 0.717) is 11.7 Å². The standard InChI is InChI=1S/C17H21ClN4OS/c1-22(2)13(9-12-7-5-4-6-8-12)10-19-16(23)15-14(18)11-20-17(21-15)24-3/h4-8,11,13H,9-10H2,1-3H3,(H,19,23)/t13-/m0/s1. The minimum atomic E-state index is -0.280. The molecule has 0 saturated carbocycles. The summed E-state index contributed by atoms with van der Waals surface area (Å²) in [5.74, 6) is -0.280. The van der Waals surface area contributed by atoms with Gasteiger partial charge in [-0.15, -0.1) is 0 Å². The van der Waals surface area contributed by atoms with Gasteiger partial charge in [-0.1, -0.05) is 53.7 Å². The number of carbonyl (C=O) groups is 1. The highest BCUT2D eigenvalue weighted by molar-refractivity contribution is 7.98. The van der Waals surface area contributed by atoms with Crippen molar-refractivity contribution in [3.8, 4) is 0 Å². The number of rotatable bonds is 7. The molecule has 1 amide bonds. The number of nitrogens with one attached hydrogen (secondary N) is 1. The van der Waals surface area contributed by atoms with Crippen LogP contribution in [0.1, 0.15) is 16.1 Å². The molecule has 128 valence electrons. The van der Waals surface area contributed by atoms with Crippen LogP contribution in [-0.2, 0) is 6.42 Å². The Balaban J connectivity index is 2.02. The van der Waals surface area contributed by atoms with Crippen LogP contribution in [-0.4, -0.2) is 53.7 Å². The quantitative estimate of drug-likeness (QED) is 0.604. The lowest BCUT2D eigenvalue weighted by atomic mass is 10.1. The van der Waals surface area contributed by atoms with E-state index in [9.17, 15) is 4.79 Å². The average Bonchev–Trinajstić information content (AvgIpc) is 2.59. The summed E-state index contributed by atoms with van der Waals surface area (Å²) >= 11 is 7.42. The molecule has 1 heterocycles. The monoisotopic (exact) mass is 364 g/mol. The Labute approximate surface area is 151 Å². The van der Waals surface area contributed by atoms with Crippen LogP contribution in [0.5, 0.6) is 0 Å². The van der Waals surface area contributed by atoms with Crippen LogP contribution in [0.3, 0.4) is 0 Å². The summed E-state index contributed by atoms with van der Waals surface area (Å²) in [5.41, 5.74) is 1.45. The van der Waals surface area contributed by atoms with Gasteiger partial charge >= 0.3 is 0 Å². The fourth-order valence-corrected chi connectivity index (χ4v) is 2.74. The van der Waals surface area contributed by atoms with Gasteiger partial charge in [-0.2, -0.15) is 0 Å². The number of likely N-dealkylation sites (N-methyl/N-ethyl adjacent to an activating group) is 1. The molecule has 7 heteroatoms. The maximum atomic E-state index is 12.4. The molecule has 1 aromatic carbocycles. The molecule has 2 rings (SSSR count). The summed E-state index contributed by atoms with van der Waals surface area (Å²) < 4.78 is 0. The summed E-state index contributed by atoms with van der Waals surface area (Å²) in [6, 6.07) is 10.4. The minimum absolute atomic E-state index is 0.178. The third kappa shape index (κ3) is 5.19. The number of thioether (sulfide) groups is 1. The van der Waals surface area contributed by atoms with Crippen molar-refractivity contribution in [2.75, 3.05) is 26.9 Å². The maximum absolute atomic E-state index is 12.4. The Bertz CT molecular complexity index is 682. The number of aromatic nitrogens is 2. The van der Waals surface area contributed by atoms with Crippen LogP contribution in [0.15, 0.2) is 41.7 Å². The van der Waals surface area contributed by atoms with E-state index < -0.39 is 0 Å². The van der Waals surface area contributed by atoms with Gasteiger partial charge in [0.05, 0.1) is 11.2 Å². The SMILES string of the molecule is CSc1ncc(Cl)c(C(=O)NC[C@H](Cc2ccccc2)N(C)C)n1. The molecule has 0 radical (unpaired) electrons. The number of hydrogen-bond acceptors (Lipinski definition) is 5. The molecule has 0 aliphatic carbocycles. The number of benzene rings is 1. The lowest BCUT2D eigenvalue weighted by Gasteiger charge is -2.24. The maximum Gasteiger partial charge on any atom is 0.271 e. The smallest absolute Gasteiger partial charge is 0.271 e. The van der Waals surface area contributed by atoms with E-state index in [1.54, 1.807) is 0 Å². The van der Waals surface area contributed by atoms with Crippen molar-refractivity contribution in [2.24, 2.45) is 0 Å². The lowest BCUT2D eigenvalue weighted by molar-refractivity contribution is 0.0936. The fourth-order valence-electron chi connectivity index (χ4n) is 2.23. The second kappa shape index (κ2) is 9.01. The van der Waals surface area contributed by atoms with Gasteiger partial charge in [-0.25, -0.2) is 9.97 Å². The average molecular weight is 365 g/mol. The second-order valence-corrected chi connectivity index (χ2v) is 6.75. The zero-order valence-electron chi connectivity index (χ0n) is 14.0. The molecular weight excluding hydrogens is 344 g/mol. The molecule has 0 spiro atoms. The van der Waals surface area contributed by atoms with E-state index in [-0.39, 0.29) is 22.7 Å². The molecule has 2 aromatic rings. The Morgan fingerprint density at radius 1 is 1.33 bits per heavy atom. The predicted octanol–water partition coefficient (Wildman–Crippen LogP) is 2.75. The van der Waals surface area contributed by atoms with Crippen LogP contribution in [0.2, 0.25) is 5.02 Å². The number of nitrogens with zero attached hydrogens (tertiary/aromatic N) is 3. The van der Waals surface area contributed by atoms with Gasteiger partial charge in [0, 0.05) is 12.6 Å². The molecule has 0 saturated heterocycles. The third-order valence-corrected chi connectivity index (χ3v) is 4.50. The molecule has 0 aliphatic heterocycles. The first-order valence-electron chi connectivity index (χ1n) is 7.56. The first-order chi connectivity index (χ1) is 11.5. The lowest BCUT2D eigenvalue weighted by Crippen LogP contribution is -2.41. The molecule has 0 fully saturated rings. The minimum Gasteiger partial charge on any atom is -0.349 e. The summed E-state index contributed by atoms with van der Waals surface area (Å²) in [5, 5.41) is 3.71. The molecular formula is C17H21ClN4OS. The summed E-state index contributed by atoms with van der Waals surface area (Å²) in [4.78, 5) is 22.7. The van der Waals surface area contributed by atoms with Crippen LogP contribution < -0.4 is 5.32 Å². The zero-order chi connectivity index (χ0) is 17.5. The molecule has 1 atom stereocenters. The molecule has 0 unspecified atom stereocenters. The number of hydrogen-bond donors (Lipinski definition) is 1. The molecule has 0 bridgehead atoms. The summed E-state index contributed by atoms with van der Waals surface area (Å²) in [6.45, 7) is 0.510. The first-order valence-corrected chi connectivity index (χ1v) is 9.16. The Hall–Kier alpha value is -1.63. The summed E-state index contributed by atoms with van der Waals surface area (Å²) in [7, 11) is 4.01. The van der Waals surface area contributed by atoms with E-state index in [1.165, 1.54) is 23.5 Å². The van der Waals surface area contributed by atoms with Crippen LogP contribution >= 0.6 is 23.4 Å². The van der Waals surface area contributed by atoms with Gasteiger partial charge < -0.3 is 10.2 Å². The molecule has 1 aromatic heterocycles. The number of carbonyl (C=O) groups excluding carboxylic acids is 1. The van der Waals surface area contributed by atoms with Gasteiger partial charge in [-0.3, -0.25) is 4.79 Å². The van der Waals surface area contributed by atoms with Gasteiger partial charge in [0.2, 0.25) is 0 Å². The molecule has 1 N–H and O–H groups in total. The Morgan fingerprint density at radius 3 is 2.67 bits per heavy atom. The molecule has 5 nitrogen and oxygen atoms in total. The van der Waals surface area contributed by atoms with Crippen LogP contribution in [0, 0.1) is 0 Å². The van der Waals surface area contributed by atoms with Crippen molar-refractivity contribution in [2.45, 2.75) is 17.6 Å². The Kier molecular flexibility index (Phi) is 7.02. The van der Waals surface area contributed by atoms with Gasteiger partial charge in [0.15, 0.2) is 10.9 Å². The van der Waals surface area contributed by atoms with Crippen LogP contribution in [0.4, 0.5) is 0 Å². The molecule has 0 aliphatic rings. The van der Waals surface area contributed by atoms with Crippen molar-refractivity contribution in [1.82, 2.24) is 20.2 Å². The second-order valence-electron chi connectivity index (χ2n) is 5.57. The number of halogens is 1. The predicted molar refractivity (Wildman–Crippen MR) is 98.8 cm³/mol. The van der Waals surface area contributed by atoms with Crippen molar-refractivity contribution in [3.63, 3.8) is 0 Å². The van der Waals surface area contributed by atoms with E-state index in [1.807, 2.05) is 38.6 Å². The van der Waals surface area contributed by atoms with E-state index >= 15 is 0 Å². The zero-order valence-corrected chi connectivity index (χ0v) is 15.6. The van der Waals surface area contributed by atoms with Crippen molar-refractivity contribution < 1.29 is 4.79 Å². The van der Waals surface area contributed by atoms with Gasteiger partial charge in [0.25, 0.3) is 5.91 Å². The highest BCUT2D eigenvalue weighted by Gasteiger charge is 2.17. The van der Waals surface area contributed by atoms with Crippen molar-refractivity contribution in [3.05, 3.63) is 52.8 Å². The highest BCUT2D eigenvalue weighted by Crippen LogP contribution is 2.16. The van der Waals surface area contributed by atoms with Gasteiger partial charge in [0.1, 0.15) is 0 Å². The van der Waals surface area contributed by atoms with Gasteiger partial charge in [-0.05, 0) is 32.3 Å². The van der Waals surface area contributed by atoms with E-state index in [4.69, 9.17) is 11.6 Å². The fraction of sp³-hybridized carbons (Fsp3) is 0.353. The number of amides is 1. The van der Waals surface area contributed by atoms with Crippen molar-refractivity contribution >= 4 is 29.3 Å².